The van der Waals surface area contributed by atoms with E-state index in [9.17, 15) is 4.79 Å². The summed E-state index contributed by atoms with van der Waals surface area (Å²) in [5.74, 6) is 0.814. The first-order chi connectivity index (χ1) is 14.1. The van der Waals surface area contributed by atoms with Gasteiger partial charge in [0.15, 0.2) is 0 Å². The molecule has 6 nitrogen and oxygen atoms in total. The number of hydrogen-bond acceptors (Lipinski definition) is 4. The third-order valence-electron chi connectivity index (χ3n) is 5.84. The van der Waals surface area contributed by atoms with Gasteiger partial charge in [-0.15, -0.1) is 0 Å². The van der Waals surface area contributed by atoms with Gasteiger partial charge in [-0.05, 0) is 24.6 Å². The Morgan fingerprint density at radius 2 is 1.90 bits per heavy atom. The summed E-state index contributed by atoms with van der Waals surface area (Å²) in [4.78, 5) is 17.2. The molecular formula is C23H24N4O2. The molecule has 1 aromatic heterocycles. The van der Waals surface area contributed by atoms with Crippen molar-refractivity contribution in [1.29, 1.82) is 0 Å². The van der Waals surface area contributed by atoms with Crippen molar-refractivity contribution in [2.24, 2.45) is 7.05 Å². The minimum atomic E-state index is 0.0298. The van der Waals surface area contributed by atoms with Gasteiger partial charge in [-0.3, -0.25) is 9.48 Å². The lowest BCUT2D eigenvalue weighted by molar-refractivity contribution is 0.0732. The number of hydrogen-bond donors (Lipinski definition) is 0. The molecule has 2 aliphatic rings. The molecule has 148 valence electrons. The van der Waals surface area contributed by atoms with E-state index >= 15 is 0 Å². The Morgan fingerprint density at radius 1 is 1.07 bits per heavy atom. The molecule has 0 saturated heterocycles. The van der Waals surface area contributed by atoms with Gasteiger partial charge in [0, 0.05) is 37.3 Å². The van der Waals surface area contributed by atoms with E-state index in [4.69, 9.17) is 9.84 Å². The van der Waals surface area contributed by atoms with E-state index in [0.717, 1.165) is 35.8 Å². The third kappa shape index (κ3) is 3.05. The summed E-state index contributed by atoms with van der Waals surface area (Å²) in [6, 6.07) is 16.1. The van der Waals surface area contributed by atoms with Crippen LogP contribution in [0.4, 0.5) is 5.69 Å². The summed E-state index contributed by atoms with van der Waals surface area (Å²) >= 11 is 0. The summed E-state index contributed by atoms with van der Waals surface area (Å²) in [6.45, 7) is 2.73. The SMILES string of the molecule is CN1CCOc2cc(C(=O)N3CCc4c(nn(C)c4-c4ccccc4)C3)ccc21. The van der Waals surface area contributed by atoms with Crippen LogP contribution in [-0.4, -0.2) is 47.3 Å². The maximum Gasteiger partial charge on any atom is 0.254 e. The van der Waals surface area contributed by atoms with Gasteiger partial charge in [0.1, 0.15) is 12.4 Å². The molecule has 0 N–H and O–H groups in total. The first kappa shape index (κ1) is 17.8. The van der Waals surface area contributed by atoms with Gasteiger partial charge in [0.05, 0.1) is 30.2 Å². The van der Waals surface area contributed by atoms with Crippen LogP contribution in [0.1, 0.15) is 21.6 Å². The minimum absolute atomic E-state index is 0.0298. The molecule has 0 bridgehead atoms. The van der Waals surface area contributed by atoms with Crippen LogP contribution in [0, 0.1) is 0 Å². The van der Waals surface area contributed by atoms with Crippen molar-refractivity contribution in [3.63, 3.8) is 0 Å². The molecule has 6 heteroatoms. The summed E-state index contributed by atoms with van der Waals surface area (Å²) < 4.78 is 7.71. The number of anilines is 1. The second kappa shape index (κ2) is 6.95. The minimum Gasteiger partial charge on any atom is -0.490 e. The van der Waals surface area contributed by atoms with Crippen LogP contribution in [0.15, 0.2) is 48.5 Å². The molecule has 0 aliphatic carbocycles. The molecule has 2 aromatic carbocycles. The smallest absolute Gasteiger partial charge is 0.254 e. The first-order valence-electron chi connectivity index (χ1n) is 9.99. The molecule has 5 rings (SSSR count). The van der Waals surface area contributed by atoms with Crippen molar-refractivity contribution in [2.45, 2.75) is 13.0 Å². The Labute approximate surface area is 170 Å². The molecule has 1 amide bonds. The van der Waals surface area contributed by atoms with Gasteiger partial charge >= 0.3 is 0 Å². The highest BCUT2D eigenvalue weighted by Crippen LogP contribution is 2.33. The Balaban J connectivity index is 1.41. The topological polar surface area (TPSA) is 50.6 Å². The summed E-state index contributed by atoms with van der Waals surface area (Å²) in [5, 5.41) is 4.73. The zero-order valence-electron chi connectivity index (χ0n) is 16.8. The Morgan fingerprint density at radius 3 is 2.72 bits per heavy atom. The Hall–Kier alpha value is -3.28. The highest BCUT2D eigenvalue weighted by molar-refractivity contribution is 5.95. The number of aromatic nitrogens is 2. The number of rotatable bonds is 2. The monoisotopic (exact) mass is 388 g/mol. The lowest BCUT2D eigenvalue weighted by Crippen LogP contribution is -2.36. The Kier molecular flexibility index (Phi) is 4.27. The number of likely N-dealkylation sites (N-methyl/N-ethyl adjacent to an activating group) is 1. The summed E-state index contributed by atoms with van der Waals surface area (Å²) in [5.41, 5.74) is 6.25. The molecule has 0 radical (unpaired) electrons. The normalized spacial score (nSPS) is 15.5. The number of amides is 1. The quantitative estimate of drug-likeness (QED) is 0.677. The second-order valence-electron chi connectivity index (χ2n) is 7.69. The number of nitrogens with zero attached hydrogens (tertiary/aromatic N) is 4. The molecule has 2 aliphatic heterocycles. The fourth-order valence-electron chi connectivity index (χ4n) is 4.32. The van der Waals surface area contributed by atoms with Crippen LogP contribution in [0.2, 0.25) is 0 Å². The molecule has 0 fully saturated rings. The number of carbonyl (C=O) groups is 1. The molecule has 0 atom stereocenters. The fourth-order valence-corrected chi connectivity index (χ4v) is 4.32. The standard InChI is InChI=1S/C23H24N4O2/c1-25-12-13-29-21-14-17(8-9-20(21)25)23(28)27-11-10-18-19(15-27)24-26(2)22(18)16-6-4-3-5-7-16/h3-9,14H,10-13,15H2,1-2H3. The number of carbonyl (C=O) groups excluding carboxylic acids is 1. The van der Waals surface area contributed by atoms with Crippen LogP contribution in [0.25, 0.3) is 11.3 Å². The summed E-state index contributed by atoms with van der Waals surface area (Å²) in [7, 11) is 4.02. The van der Waals surface area contributed by atoms with Crippen LogP contribution in [0.3, 0.4) is 0 Å². The van der Waals surface area contributed by atoms with E-state index in [2.05, 4.69) is 17.0 Å². The fraction of sp³-hybridized carbons (Fsp3) is 0.304. The van der Waals surface area contributed by atoms with Crippen LogP contribution >= 0.6 is 0 Å². The molecule has 29 heavy (non-hydrogen) atoms. The number of aryl methyl sites for hydroxylation is 1. The molecule has 3 heterocycles. The molecule has 0 unspecified atom stereocenters. The highest BCUT2D eigenvalue weighted by atomic mass is 16.5. The van der Waals surface area contributed by atoms with Crippen LogP contribution < -0.4 is 9.64 Å². The second-order valence-corrected chi connectivity index (χ2v) is 7.69. The van der Waals surface area contributed by atoms with E-state index in [1.807, 2.05) is 60.1 Å². The van der Waals surface area contributed by atoms with Gasteiger partial charge in [-0.2, -0.15) is 5.10 Å². The lowest BCUT2D eigenvalue weighted by Gasteiger charge is -2.29. The van der Waals surface area contributed by atoms with Crippen molar-refractivity contribution in [3.8, 4) is 17.0 Å². The van der Waals surface area contributed by atoms with E-state index in [-0.39, 0.29) is 5.91 Å². The molecule has 3 aromatic rings. The molecule has 0 saturated carbocycles. The van der Waals surface area contributed by atoms with Crippen molar-refractivity contribution < 1.29 is 9.53 Å². The van der Waals surface area contributed by atoms with E-state index < -0.39 is 0 Å². The lowest BCUT2D eigenvalue weighted by atomic mass is 9.99. The van der Waals surface area contributed by atoms with E-state index in [1.165, 1.54) is 11.1 Å². The van der Waals surface area contributed by atoms with Crippen LogP contribution in [-0.2, 0) is 20.0 Å². The number of benzene rings is 2. The number of ether oxygens (including phenoxy) is 1. The largest absolute Gasteiger partial charge is 0.490 e. The van der Waals surface area contributed by atoms with Gasteiger partial charge < -0.3 is 14.5 Å². The average Bonchev–Trinajstić information content (AvgIpc) is 3.08. The van der Waals surface area contributed by atoms with E-state index in [0.29, 0.717) is 25.3 Å². The Bertz CT molecular complexity index is 1070. The highest BCUT2D eigenvalue weighted by Gasteiger charge is 2.28. The first-order valence-corrected chi connectivity index (χ1v) is 9.99. The van der Waals surface area contributed by atoms with Gasteiger partial charge in [0.25, 0.3) is 5.91 Å². The molecular weight excluding hydrogens is 364 g/mol. The van der Waals surface area contributed by atoms with Gasteiger partial charge in [-0.1, -0.05) is 30.3 Å². The van der Waals surface area contributed by atoms with E-state index in [1.54, 1.807) is 0 Å². The van der Waals surface area contributed by atoms with Crippen molar-refractivity contribution in [2.75, 3.05) is 31.6 Å². The summed E-state index contributed by atoms with van der Waals surface area (Å²) in [6.07, 6.45) is 0.809. The van der Waals surface area contributed by atoms with Gasteiger partial charge in [-0.25, -0.2) is 0 Å². The predicted molar refractivity (Wildman–Crippen MR) is 112 cm³/mol. The maximum atomic E-state index is 13.2. The maximum absolute atomic E-state index is 13.2. The third-order valence-corrected chi connectivity index (χ3v) is 5.84. The molecule has 0 spiro atoms. The zero-order chi connectivity index (χ0) is 20.0. The van der Waals surface area contributed by atoms with Crippen molar-refractivity contribution >= 4 is 11.6 Å². The number of fused-ring (bicyclic) bond motifs is 2. The average molecular weight is 388 g/mol. The zero-order valence-corrected chi connectivity index (χ0v) is 16.8. The van der Waals surface area contributed by atoms with Gasteiger partial charge in [0.2, 0.25) is 0 Å². The van der Waals surface area contributed by atoms with Crippen molar-refractivity contribution in [3.05, 3.63) is 65.4 Å². The van der Waals surface area contributed by atoms with Crippen molar-refractivity contribution in [1.82, 2.24) is 14.7 Å². The van der Waals surface area contributed by atoms with Crippen LogP contribution in [0.5, 0.6) is 5.75 Å². The predicted octanol–water partition coefficient (Wildman–Crippen LogP) is 3.11.